The third-order valence-electron chi connectivity index (χ3n) is 5.01. The third kappa shape index (κ3) is 4.84. The summed E-state index contributed by atoms with van der Waals surface area (Å²) in [6.45, 7) is 7.50. The van der Waals surface area contributed by atoms with Gasteiger partial charge in [0.2, 0.25) is 0 Å². The van der Waals surface area contributed by atoms with Crippen molar-refractivity contribution in [2.75, 3.05) is 19.7 Å². The lowest BCUT2D eigenvalue weighted by Crippen LogP contribution is -2.44. The van der Waals surface area contributed by atoms with E-state index in [9.17, 15) is 18.3 Å². The maximum atomic E-state index is 12.8. The van der Waals surface area contributed by atoms with Gasteiger partial charge < -0.3 is 5.11 Å². The van der Waals surface area contributed by atoms with E-state index < -0.39 is 11.7 Å². The number of nitrogens with zero attached hydrogens (tertiary/aromatic N) is 2. The Morgan fingerprint density at radius 2 is 1.80 bits per heavy atom. The number of hydrogen-bond donors (Lipinski definition) is 1. The zero-order chi connectivity index (χ0) is 21.9. The average molecular weight is 433 g/mol. The molecule has 0 saturated carbocycles. The number of alkyl halides is 3. The first-order valence-corrected chi connectivity index (χ1v) is 10.4. The third-order valence-corrected chi connectivity index (χ3v) is 5.82. The molecule has 0 bridgehead atoms. The summed E-state index contributed by atoms with van der Waals surface area (Å²) in [5.74, 6) is 6.48. The number of benzene rings is 2. The van der Waals surface area contributed by atoms with Crippen molar-refractivity contribution in [3.63, 3.8) is 0 Å². The van der Waals surface area contributed by atoms with Gasteiger partial charge in [-0.05, 0) is 56.2 Å². The Hall–Kier alpha value is -2.40. The first-order chi connectivity index (χ1) is 14.2. The fourth-order valence-corrected chi connectivity index (χ4v) is 4.13. The summed E-state index contributed by atoms with van der Waals surface area (Å²) < 4.78 is 43.7. The van der Waals surface area contributed by atoms with E-state index in [-0.39, 0.29) is 12.1 Å². The molecule has 1 aromatic heterocycles. The second-order valence-corrected chi connectivity index (χ2v) is 8.23. The van der Waals surface area contributed by atoms with Crippen molar-refractivity contribution >= 4 is 21.6 Å². The van der Waals surface area contributed by atoms with Crippen molar-refractivity contribution in [3.8, 4) is 23.1 Å². The molecule has 2 aromatic carbocycles. The van der Waals surface area contributed by atoms with E-state index in [1.165, 1.54) is 23.7 Å². The van der Waals surface area contributed by atoms with E-state index in [2.05, 4.69) is 21.1 Å². The largest absolute Gasteiger partial charge is 0.416 e. The molecule has 0 saturated heterocycles. The van der Waals surface area contributed by atoms with Gasteiger partial charge in [-0.1, -0.05) is 37.0 Å². The van der Waals surface area contributed by atoms with Crippen molar-refractivity contribution in [2.45, 2.75) is 32.5 Å². The monoisotopic (exact) mass is 432 g/mol. The predicted octanol–water partition coefficient (Wildman–Crippen LogP) is 5.43. The van der Waals surface area contributed by atoms with Crippen LogP contribution >= 0.6 is 11.5 Å². The average Bonchev–Trinajstić information content (AvgIpc) is 3.13. The SMILES string of the molecule is CCN(CCO)C(C)(C)C#Cc1ccc2c(-c3ccc(C(F)(F)F)cc3)nsc2c1. The summed E-state index contributed by atoms with van der Waals surface area (Å²) in [7, 11) is 0. The van der Waals surface area contributed by atoms with E-state index in [1.807, 2.05) is 39.0 Å². The van der Waals surface area contributed by atoms with Crippen LogP contribution in [0.1, 0.15) is 31.9 Å². The standard InChI is InChI=1S/C23H23F3N2OS/c1-4-28(13-14-29)22(2,3)12-11-16-5-10-19-20(15-16)30-27-21(19)17-6-8-18(9-7-17)23(24,25)26/h5-10,15,29H,4,13-14H2,1-3H3. The Bertz CT molecular complexity index is 1080. The van der Waals surface area contributed by atoms with E-state index in [4.69, 9.17) is 0 Å². The molecule has 3 aromatic rings. The number of halogens is 3. The molecule has 0 aliphatic carbocycles. The number of aromatic nitrogens is 1. The lowest BCUT2D eigenvalue weighted by atomic mass is 10.0. The molecule has 3 rings (SSSR count). The predicted molar refractivity (Wildman–Crippen MR) is 115 cm³/mol. The highest BCUT2D eigenvalue weighted by Gasteiger charge is 2.30. The highest BCUT2D eigenvalue weighted by molar-refractivity contribution is 7.13. The second-order valence-electron chi connectivity index (χ2n) is 7.43. The molecule has 7 heteroatoms. The lowest BCUT2D eigenvalue weighted by molar-refractivity contribution is -0.137. The van der Waals surface area contributed by atoms with Gasteiger partial charge in [0, 0.05) is 23.1 Å². The Morgan fingerprint density at radius 1 is 1.10 bits per heavy atom. The number of hydrogen-bond acceptors (Lipinski definition) is 4. The van der Waals surface area contributed by atoms with Crippen molar-refractivity contribution in [3.05, 3.63) is 53.6 Å². The molecule has 3 nitrogen and oxygen atoms in total. The van der Waals surface area contributed by atoms with Crippen LogP contribution in [0.5, 0.6) is 0 Å². The molecule has 0 fully saturated rings. The van der Waals surface area contributed by atoms with Crippen molar-refractivity contribution in [2.24, 2.45) is 0 Å². The van der Waals surface area contributed by atoms with Gasteiger partial charge in [-0.3, -0.25) is 4.90 Å². The van der Waals surface area contributed by atoms with Gasteiger partial charge in [0.15, 0.2) is 0 Å². The molecule has 0 amide bonds. The van der Waals surface area contributed by atoms with Crippen LogP contribution < -0.4 is 0 Å². The number of rotatable bonds is 5. The summed E-state index contributed by atoms with van der Waals surface area (Å²) in [5.41, 5.74) is 1.11. The minimum absolute atomic E-state index is 0.0818. The number of β-amino-alcohol motifs (C(OH)–C–C–N with tert-alkyl or cyclic N) is 1. The first kappa shape index (κ1) is 22.3. The molecule has 0 aliphatic heterocycles. The van der Waals surface area contributed by atoms with Crippen LogP contribution in [0.2, 0.25) is 0 Å². The minimum atomic E-state index is -4.35. The zero-order valence-corrected chi connectivity index (χ0v) is 17.9. The Labute approximate surface area is 178 Å². The van der Waals surface area contributed by atoms with Gasteiger partial charge in [0.05, 0.1) is 28.1 Å². The highest BCUT2D eigenvalue weighted by atomic mass is 32.1. The summed E-state index contributed by atoms with van der Waals surface area (Å²) in [6, 6.07) is 10.8. The Kier molecular flexibility index (Phi) is 6.51. The molecular weight excluding hydrogens is 409 g/mol. The zero-order valence-electron chi connectivity index (χ0n) is 17.0. The normalized spacial score (nSPS) is 12.3. The molecular formula is C23H23F3N2OS. The van der Waals surface area contributed by atoms with E-state index in [1.54, 1.807) is 0 Å². The van der Waals surface area contributed by atoms with Crippen molar-refractivity contribution in [1.82, 2.24) is 9.27 Å². The van der Waals surface area contributed by atoms with E-state index in [0.717, 1.165) is 34.3 Å². The summed E-state index contributed by atoms with van der Waals surface area (Å²) in [5, 5.41) is 10.1. The van der Waals surface area contributed by atoms with Gasteiger partial charge >= 0.3 is 6.18 Å². The van der Waals surface area contributed by atoms with Crippen molar-refractivity contribution < 1.29 is 18.3 Å². The smallest absolute Gasteiger partial charge is 0.395 e. The van der Waals surface area contributed by atoms with Crippen LogP contribution in [0.25, 0.3) is 21.3 Å². The molecule has 0 aliphatic rings. The first-order valence-electron chi connectivity index (χ1n) is 9.62. The van der Waals surface area contributed by atoms with E-state index in [0.29, 0.717) is 17.8 Å². The maximum Gasteiger partial charge on any atom is 0.416 e. The quantitative estimate of drug-likeness (QED) is 0.547. The molecule has 1 N–H and O–H groups in total. The van der Waals surface area contributed by atoms with Crippen LogP contribution in [0.3, 0.4) is 0 Å². The number of aliphatic hydroxyl groups is 1. The van der Waals surface area contributed by atoms with Crippen LogP contribution in [0.15, 0.2) is 42.5 Å². The van der Waals surface area contributed by atoms with Crippen LogP contribution in [0, 0.1) is 11.8 Å². The van der Waals surface area contributed by atoms with Gasteiger partial charge in [0.25, 0.3) is 0 Å². The molecule has 0 radical (unpaired) electrons. The van der Waals surface area contributed by atoms with Crippen molar-refractivity contribution in [1.29, 1.82) is 0 Å². The molecule has 0 unspecified atom stereocenters. The fraction of sp³-hybridized carbons (Fsp3) is 0.348. The van der Waals surface area contributed by atoms with Gasteiger partial charge in [-0.15, -0.1) is 0 Å². The molecule has 0 atom stereocenters. The maximum absolute atomic E-state index is 12.8. The van der Waals surface area contributed by atoms with E-state index >= 15 is 0 Å². The number of fused-ring (bicyclic) bond motifs is 1. The number of likely N-dealkylation sites (N-methyl/N-ethyl adjacent to an activating group) is 1. The summed E-state index contributed by atoms with van der Waals surface area (Å²) >= 11 is 1.30. The van der Waals surface area contributed by atoms with Crippen LogP contribution in [0.4, 0.5) is 13.2 Å². The Balaban J connectivity index is 1.88. The highest BCUT2D eigenvalue weighted by Crippen LogP contribution is 2.34. The molecule has 158 valence electrons. The van der Waals surface area contributed by atoms with Gasteiger partial charge in [-0.25, -0.2) is 0 Å². The van der Waals surface area contributed by atoms with Crippen LogP contribution in [-0.4, -0.2) is 39.6 Å². The van der Waals surface area contributed by atoms with Gasteiger partial charge in [-0.2, -0.15) is 17.5 Å². The van der Waals surface area contributed by atoms with Gasteiger partial charge in [0.1, 0.15) is 0 Å². The second kappa shape index (κ2) is 8.76. The minimum Gasteiger partial charge on any atom is -0.395 e. The topological polar surface area (TPSA) is 36.4 Å². The fourth-order valence-electron chi connectivity index (χ4n) is 3.30. The number of aliphatic hydroxyl groups excluding tert-OH is 1. The molecule has 30 heavy (non-hydrogen) atoms. The Morgan fingerprint density at radius 3 is 2.40 bits per heavy atom. The molecule has 0 spiro atoms. The molecule has 1 heterocycles. The summed E-state index contributed by atoms with van der Waals surface area (Å²) in [6.07, 6.45) is -4.35. The summed E-state index contributed by atoms with van der Waals surface area (Å²) in [4.78, 5) is 2.11. The van der Waals surface area contributed by atoms with Crippen LogP contribution in [-0.2, 0) is 6.18 Å². The lowest BCUT2D eigenvalue weighted by Gasteiger charge is -2.33.